The van der Waals surface area contributed by atoms with Crippen LogP contribution < -0.4 is 10.6 Å². The summed E-state index contributed by atoms with van der Waals surface area (Å²) in [7, 11) is 3.45. The number of methoxy groups -OCH3 is 1. The van der Waals surface area contributed by atoms with Crippen molar-refractivity contribution in [1.82, 2.24) is 10.6 Å². The minimum atomic E-state index is 0.643. The molecular formula is C19H33N3O3. The van der Waals surface area contributed by atoms with Crippen molar-refractivity contribution in [3.63, 3.8) is 0 Å². The second-order valence-corrected chi connectivity index (χ2v) is 5.59. The lowest BCUT2D eigenvalue weighted by molar-refractivity contribution is 0.0698. The molecule has 0 aliphatic rings. The average Bonchev–Trinajstić information content (AvgIpc) is 2.65. The molecule has 6 heteroatoms. The number of rotatable bonds is 14. The number of aliphatic imine (C=N–C) groups is 1. The Kier molecular flexibility index (Phi) is 13.6. The van der Waals surface area contributed by atoms with E-state index >= 15 is 0 Å². The lowest BCUT2D eigenvalue weighted by Crippen LogP contribution is -2.38. The summed E-state index contributed by atoms with van der Waals surface area (Å²) in [5, 5.41) is 6.56. The van der Waals surface area contributed by atoms with Crippen LogP contribution in [0.4, 0.5) is 0 Å². The smallest absolute Gasteiger partial charge is 0.190 e. The maximum Gasteiger partial charge on any atom is 0.190 e. The molecule has 1 aromatic carbocycles. The largest absolute Gasteiger partial charge is 0.382 e. The minimum absolute atomic E-state index is 0.643. The predicted molar refractivity (Wildman–Crippen MR) is 102 cm³/mol. The van der Waals surface area contributed by atoms with Crippen molar-refractivity contribution in [2.45, 2.75) is 19.3 Å². The molecule has 0 fully saturated rings. The van der Waals surface area contributed by atoms with E-state index in [2.05, 4.69) is 39.9 Å². The molecule has 0 unspecified atom stereocenters. The maximum atomic E-state index is 5.67. The van der Waals surface area contributed by atoms with Crippen molar-refractivity contribution in [2.24, 2.45) is 4.99 Å². The molecule has 0 heterocycles. The summed E-state index contributed by atoms with van der Waals surface area (Å²) in [6.45, 7) is 5.21. The number of nitrogens with zero attached hydrogens (tertiary/aromatic N) is 1. The zero-order valence-electron chi connectivity index (χ0n) is 15.6. The molecule has 0 spiro atoms. The Hall–Kier alpha value is -1.63. The molecule has 0 aliphatic carbocycles. The highest BCUT2D eigenvalue weighted by Gasteiger charge is 1.97. The summed E-state index contributed by atoms with van der Waals surface area (Å²) in [6.07, 6.45) is 2.85. The van der Waals surface area contributed by atoms with E-state index in [9.17, 15) is 0 Å². The van der Waals surface area contributed by atoms with Crippen LogP contribution in [-0.2, 0) is 20.6 Å². The summed E-state index contributed by atoms with van der Waals surface area (Å²) in [5.41, 5.74) is 1.32. The van der Waals surface area contributed by atoms with Crippen LogP contribution in [0.3, 0.4) is 0 Å². The van der Waals surface area contributed by atoms with E-state index in [1.54, 1.807) is 14.2 Å². The molecule has 6 nitrogen and oxygen atoms in total. The molecule has 0 amide bonds. The maximum absolute atomic E-state index is 5.67. The highest BCUT2D eigenvalue weighted by atomic mass is 16.5. The quantitative estimate of drug-likeness (QED) is 0.304. The van der Waals surface area contributed by atoms with Crippen LogP contribution in [0.5, 0.6) is 0 Å². The summed E-state index contributed by atoms with van der Waals surface area (Å²) < 4.78 is 16.0. The number of hydrogen-bond donors (Lipinski definition) is 2. The Bertz CT molecular complexity index is 441. The zero-order chi connectivity index (χ0) is 18.0. The molecule has 1 aromatic rings. The Morgan fingerprint density at radius 1 is 0.880 bits per heavy atom. The topological polar surface area (TPSA) is 64.1 Å². The third kappa shape index (κ3) is 12.4. The number of ether oxygens (including phenoxy) is 3. The molecule has 142 valence electrons. The molecule has 1 rings (SSSR count). The van der Waals surface area contributed by atoms with Crippen molar-refractivity contribution in [3.05, 3.63) is 35.9 Å². The van der Waals surface area contributed by atoms with Gasteiger partial charge in [0, 0.05) is 40.5 Å². The number of hydrogen-bond acceptors (Lipinski definition) is 4. The fourth-order valence-corrected chi connectivity index (χ4v) is 2.16. The van der Waals surface area contributed by atoms with E-state index in [0.717, 1.165) is 58.1 Å². The van der Waals surface area contributed by atoms with Gasteiger partial charge >= 0.3 is 0 Å². The van der Waals surface area contributed by atoms with Crippen molar-refractivity contribution >= 4 is 5.96 Å². The minimum Gasteiger partial charge on any atom is -0.382 e. The second kappa shape index (κ2) is 15.9. The van der Waals surface area contributed by atoms with Crippen molar-refractivity contribution in [1.29, 1.82) is 0 Å². The standard InChI is InChI=1S/C19H33N3O3/c1-20-19(22-12-7-14-25-17-16-23-2)21-11-6-13-24-15-10-18-8-4-3-5-9-18/h3-5,8-9H,6-7,10-17H2,1-2H3,(H2,20,21,22). The van der Waals surface area contributed by atoms with Gasteiger partial charge in [0.2, 0.25) is 0 Å². The van der Waals surface area contributed by atoms with E-state index < -0.39 is 0 Å². The van der Waals surface area contributed by atoms with Crippen molar-refractivity contribution in [3.8, 4) is 0 Å². The summed E-state index contributed by atoms with van der Waals surface area (Å²) >= 11 is 0. The van der Waals surface area contributed by atoms with Gasteiger partial charge in [0.1, 0.15) is 0 Å². The van der Waals surface area contributed by atoms with Gasteiger partial charge in [-0.1, -0.05) is 30.3 Å². The Labute approximate surface area is 152 Å². The van der Waals surface area contributed by atoms with E-state index in [4.69, 9.17) is 14.2 Å². The number of nitrogens with one attached hydrogen (secondary N) is 2. The fourth-order valence-electron chi connectivity index (χ4n) is 2.16. The molecule has 0 bridgehead atoms. The Morgan fingerprint density at radius 2 is 1.52 bits per heavy atom. The lowest BCUT2D eigenvalue weighted by atomic mass is 10.2. The highest BCUT2D eigenvalue weighted by molar-refractivity contribution is 5.79. The molecule has 25 heavy (non-hydrogen) atoms. The van der Waals surface area contributed by atoms with E-state index in [1.165, 1.54) is 5.56 Å². The molecule has 0 saturated carbocycles. The van der Waals surface area contributed by atoms with Crippen molar-refractivity contribution in [2.75, 3.05) is 60.3 Å². The van der Waals surface area contributed by atoms with E-state index in [-0.39, 0.29) is 0 Å². The molecular weight excluding hydrogens is 318 g/mol. The van der Waals surface area contributed by atoms with Crippen LogP contribution in [0.15, 0.2) is 35.3 Å². The first-order valence-electron chi connectivity index (χ1n) is 8.99. The molecule has 0 saturated heterocycles. The average molecular weight is 351 g/mol. The van der Waals surface area contributed by atoms with Gasteiger partial charge in [-0.25, -0.2) is 0 Å². The first kappa shape index (κ1) is 21.4. The molecule has 2 N–H and O–H groups in total. The van der Waals surface area contributed by atoms with E-state index in [1.807, 2.05) is 6.07 Å². The van der Waals surface area contributed by atoms with Crippen molar-refractivity contribution < 1.29 is 14.2 Å². The van der Waals surface area contributed by atoms with Crippen LogP contribution >= 0.6 is 0 Å². The van der Waals surface area contributed by atoms with Crippen LogP contribution in [0, 0.1) is 0 Å². The summed E-state index contributed by atoms with van der Waals surface area (Å²) in [6, 6.07) is 10.4. The number of guanidine groups is 1. The zero-order valence-corrected chi connectivity index (χ0v) is 15.6. The van der Waals surface area contributed by atoms with Gasteiger partial charge in [-0.2, -0.15) is 0 Å². The van der Waals surface area contributed by atoms with E-state index in [0.29, 0.717) is 13.2 Å². The third-order valence-electron chi connectivity index (χ3n) is 3.55. The molecule has 0 aliphatic heterocycles. The predicted octanol–water partition coefficient (Wildman–Crippen LogP) is 1.85. The number of benzene rings is 1. The molecule has 0 aromatic heterocycles. The van der Waals surface area contributed by atoms with Gasteiger partial charge in [-0.05, 0) is 24.8 Å². The fraction of sp³-hybridized carbons (Fsp3) is 0.632. The SMILES string of the molecule is CN=C(NCCCOCCOC)NCCCOCCc1ccccc1. The normalized spacial score (nSPS) is 11.5. The second-order valence-electron chi connectivity index (χ2n) is 5.59. The molecule has 0 radical (unpaired) electrons. The first-order valence-corrected chi connectivity index (χ1v) is 8.99. The molecule has 0 atom stereocenters. The Morgan fingerprint density at radius 3 is 2.12 bits per heavy atom. The van der Waals surface area contributed by atoms with Gasteiger partial charge < -0.3 is 24.8 Å². The third-order valence-corrected chi connectivity index (χ3v) is 3.55. The summed E-state index contributed by atoms with van der Waals surface area (Å²) in [4.78, 5) is 4.20. The first-order chi connectivity index (χ1) is 12.4. The van der Waals surface area contributed by atoms with Gasteiger partial charge in [0.25, 0.3) is 0 Å². The van der Waals surface area contributed by atoms with Gasteiger partial charge in [-0.15, -0.1) is 0 Å². The van der Waals surface area contributed by atoms with Gasteiger partial charge in [-0.3, -0.25) is 4.99 Å². The van der Waals surface area contributed by atoms with Gasteiger partial charge in [0.05, 0.1) is 19.8 Å². The monoisotopic (exact) mass is 351 g/mol. The van der Waals surface area contributed by atoms with Crippen LogP contribution in [0.2, 0.25) is 0 Å². The van der Waals surface area contributed by atoms with Crippen LogP contribution in [0.25, 0.3) is 0 Å². The Balaban J connectivity index is 1.91. The van der Waals surface area contributed by atoms with Crippen LogP contribution in [0.1, 0.15) is 18.4 Å². The highest BCUT2D eigenvalue weighted by Crippen LogP contribution is 1.99. The lowest BCUT2D eigenvalue weighted by Gasteiger charge is -2.12. The van der Waals surface area contributed by atoms with Gasteiger partial charge in [0.15, 0.2) is 5.96 Å². The summed E-state index contributed by atoms with van der Waals surface area (Å²) in [5.74, 6) is 0.821. The van der Waals surface area contributed by atoms with Crippen LogP contribution in [-0.4, -0.2) is 66.2 Å².